The topological polar surface area (TPSA) is 142 Å². The summed E-state index contributed by atoms with van der Waals surface area (Å²) in [4.78, 5) is 23.5. The highest BCUT2D eigenvalue weighted by atomic mass is 32.2. The van der Waals surface area contributed by atoms with Crippen LogP contribution in [0.25, 0.3) is 0 Å². The number of carboxylic acids is 2. The van der Waals surface area contributed by atoms with E-state index < -0.39 is 38.2 Å². The molecular formula is C7H5NO7S. The van der Waals surface area contributed by atoms with E-state index in [2.05, 4.69) is 4.98 Å². The Morgan fingerprint density at radius 3 is 2.12 bits per heavy atom. The van der Waals surface area contributed by atoms with Gasteiger partial charge in [0, 0.05) is 6.20 Å². The van der Waals surface area contributed by atoms with E-state index in [9.17, 15) is 18.0 Å². The van der Waals surface area contributed by atoms with Crippen LogP contribution in [-0.2, 0) is 10.1 Å². The molecule has 0 aliphatic carbocycles. The molecule has 0 bridgehead atoms. The minimum atomic E-state index is -4.82. The molecule has 0 radical (unpaired) electrons. The number of carboxylic acid groups (broad SMARTS) is 2. The molecule has 1 aromatic rings. The molecule has 8 nitrogen and oxygen atoms in total. The minimum Gasteiger partial charge on any atom is -0.478 e. The van der Waals surface area contributed by atoms with Crippen molar-refractivity contribution in [3.63, 3.8) is 0 Å². The molecule has 0 atom stereocenters. The SMILES string of the molecule is O=C(O)c1nccc(S(=O)(=O)O)c1C(=O)O. The van der Waals surface area contributed by atoms with Crippen molar-refractivity contribution in [2.24, 2.45) is 0 Å². The van der Waals surface area contributed by atoms with Gasteiger partial charge in [0.25, 0.3) is 10.1 Å². The van der Waals surface area contributed by atoms with E-state index in [0.29, 0.717) is 6.07 Å². The molecule has 16 heavy (non-hydrogen) atoms. The maximum Gasteiger partial charge on any atom is 0.355 e. The van der Waals surface area contributed by atoms with Gasteiger partial charge in [-0.1, -0.05) is 0 Å². The Balaban J connectivity index is 3.72. The number of aromatic nitrogens is 1. The van der Waals surface area contributed by atoms with Gasteiger partial charge in [0.05, 0.1) is 0 Å². The second-order valence-electron chi connectivity index (χ2n) is 2.62. The Labute approximate surface area is 88.9 Å². The van der Waals surface area contributed by atoms with Gasteiger partial charge in [-0.15, -0.1) is 0 Å². The summed E-state index contributed by atoms with van der Waals surface area (Å²) in [6, 6.07) is 0.700. The van der Waals surface area contributed by atoms with E-state index >= 15 is 0 Å². The van der Waals surface area contributed by atoms with Gasteiger partial charge in [-0.2, -0.15) is 8.42 Å². The maximum absolute atomic E-state index is 10.8. The number of rotatable bonds is 3. The molecule has 9 heteroatoms. The molecule has 1 aromatic heterocycles. The molecule has 0 aromatic carbocycles. The third-order valence-electron chi connectivity index (χ3n) is 1.61. The summed E-state index contributed by atoms with van der Waals surface area (Å²) in [5.74, 6) is -3.51. The van der Waals surface area contributed by atoms with Gasteiger partial charge in [0.2, 0.25) is 0 Å². The van der Waals surface area contributed by atoms with Crippen LogP contribution >= 0.6 is 0 Å². The summed E-state index contributed by atoms with van der Waals surface area (Å²) >= 11 is 0. The molecule has 3 N–H and O–H groups in total. The number of aromatic carboxylic acids is 2. The molecule has 0 aliphatic rings. The first-order chi connectivity index (χ1) is 7.25. The quantitative estimate of drug-likeness (QED) is 0.619. The molecule has 0 fully saturated rings. The highest BCUT2D eigenvalue weighted by Gasteiger charge is 2.27. The summed E-state index contributed by atoms with van der Waals surface area (Å²) in [7, 11) is -4.82. The van der Waals surface area contributed by atoms with Crippen LogP contribution in [-0.4, -0.2) is 40.1 Å². The molecule has 86 valence electrons. The first kappa shape index (κ1) is 12.1. The molecule has 0 saturated carbocycles. The highest BCUT2D eigenvalue weighted by Crippen LogP contribution is 2.17. The fourth-order valence-electron chi connectivity index (χ4n) is 1.03. The molecule has 0 aliphatic heterocycles. The van der Waals surface area contributed by atoms with Crippen LogP contribution in [0.3, 0.4) is 0 Å². The van der Waals surface area contributed by atoms with Crippen LogP contribution in [0.15, 0.2) is 17.2 Å². The van der Waals surface area contributed by atoms with Crippen molar-refractivity contribution in [1.29, 1.82) is 0 Å². The van der Waals surface area contributed by atoms with Crippen molar-refractivity contribution in [2.45, 2.75) is 4.90 Å². The number of pyridine rings is 1. The number of hydrogen-bond donors (Lipinski definition) is 3. The van der Waals surface area contributed by atoms with Gasteiger partial charge in [-0.05, 0) is 6.07 Å². The van der Waals surface area contributed by atoms with Crippen LogP contribution in [0, 0.1) is 0 Å². The van der Waals surface area contributed by atoms with E-state index in [1.807, 2.05) is 0 Å². The lowest BCUT2D eigenvalue weighted by atomic mass is 10.2. The summed E-state index contributed by atoms with van der Waals surface area (Å²) < 4.78 is 30.3. The zero-order valence-corrected chi connectivity index (χ0v) is 8.30. The predicted octanol–water partition coefficient (Wildman–Crippen LogP) is -0.275. The average Bonchev–Trinajstić information content (AvgIpc) is 2.14. The first-order valence-corrected chi connectivity index (χ1v) is 5.12. The van der Waals surface area contributed by atoms with Crippen molar-refractivity contribution in [3.05, 3.63) is 23.5 Å². The van der Waals surface area contributed by atoms with Gasteiger partial charge in [-0.25, -0.2) is 14.6 Å². The van der Waals surface area contributed by atoms with E-state index in [4.69, 9.17) is 14.8 Å². The number of nitrogens with zero attached hydrogens (tertiary/aromatic N) is 1. The summed E-state index contributed by atoms with van der Waals surface area (Å²) in [5.41, 5.74) is -2.03. The summed E-state index contributed by atoms with van der Waals surface area (Å²) in [6.07, 6.45) is 0.777. The second kappa shape index (κ2) is 3.87. The van der Waals surface area contributed by atoms with Gasteiger partial charge in [-0.3, -0.25) is 4.55 Å². The third kappa shape index (κ3) is 2.15. The van der Waals surface area contributed by atoms with Crippen LogP contribution < -0.4 is 0 Å². The fraction of sp³-hybridized carbons (Fsp3) is 0. The van der Waals surface area contributed by atoms with Crippen molar-refractivity contribution < 1.29 is 32.8 Å². The van der Waals surface area contributed by atoms with Crippen LogP contribution in [0.4, 0.5) is 0 Å². The van der Waals surface area contributed by atoms with E-state index in [0.717, 1.165) is 6.20 Å². The van der Waals surface area contributed by atoms with Crippen molar-refractivity contribution in [3.8, 4) is 0 Å². The highest BCUT2D eigenvalue weighted by molar-refractivity contribution is 7.86. The van der Waals surface area contributed by atoms with E-state index in [1.54, 1.807) is 0 Å². The molecule has 1 rings (SSSR count). The first-order valence-electron chi connectivity index (χ1n) is 3.68. The van der Waals surface area contributed by atoms with Crippen molar-refractivity contribution in [2.75, 3.05) is 0 Å². The number of carbonyl (C=O) groups is 2. The fourth-order valence-corrected chi connectivity index (χ4v) is 1.70. The zero-order chi connectivity index (χ0) is 12.5. The molecule has 1 heterocycles. The Morgan fingerprint density at radius 2 is 1.75 bits per heavy atom. The van der Waals surface area contributed by atoms with Gasteiger partial charge in [0.15, 0.2) is 5.69 Å². The summed E-state index contributed by atoms with van der Waals surface area (Å²) in [6.45, 7) is 0. The van der Waals surface area contributed by atoms with Crippen molar-refractivity contribution >= 4 is 22.1 Å². The monoisotopic (exact) mass is 247 g/mol. The molecule has 0 saturated heterocycles. The van der Waals surface area contributed by atoms with Crippen LogP contribution in [0.2, 0.25) is 0 Å². The Morgan fingerprint density at radius 1 is 1.19 bits per heavy atom. The lowest BCUT2D eigenvalue weighted by molar-refractivity contribution is 0.0642. The Kier molecular flexibility index (Phi) is 2.92. The Bertz CT molecular complexity index is 562. The van der Waals surface area contributed by atoms with Gasteiger partial charge >= 0.3 is 11.9 Å². The molecule has 0 spiro atoms. The van der Waals surface area contributed by atoms with Crippen molar-refractivity contribution in [1.82, 2.24) is 4.98 Å². The predicted molar refractivity (Wildman–Crippen MR) is 48.0 cm³/mol. The third-order valence-corrected chi connectivity index (χ3v) is 2.50. The smallest absolute Gasteiger partial charge is 0.355 e. The second-order valence-corrected chi connectivity index (χ2v) is 4.01. The van der Waals surface area contributed by atoms with Crippen LogP contribution in [0.1, 0.15) is 20.8 Å². The zero-order valence-electron chi connectivity index (χ0n) is 7.48. The standard InChI is InChI=1S/C7H5NO7S/c9-6(10)4-3(16(13,14)15)1-2-8-5(4)7(11)12/h1-2H,(H,9,10)(H,11,12)(H,13,14,15). The summed E-state index contributed by atoms with van der Waals surface area (Å²) in [5, 5.41) is 17.3. The van der Waals surface area contributed by atoms with Gasteiger partial charge in [0.1, 0.15) is 10.5 Å². The largest absolute Gasteiger partial charge is 0.478 e. The molecule has 0 amide bonds. The Hall–Kier alpha value is -2.00. The van der Waals surface area contributed by atoms with E-state index in [1.165, 1.54) is 0 Å². The lowest BCUT2D eigenvalue weighted by Gasteiger charge is -2.04. The van der Waals surface area contributed by atoms with Gasteiger partial charge < -0.3 is 10.2 Å². The molecular weight excluding hydrogens is 242 g/mol. The minimum absolute atomic E-state index is 0.700. The van der Waals surface area contributed by atoms with Crippen LogP contribution in [0.5, 0.6) is 0 Å². The average molecular weight is 247 g/mol. The normalized spacial score (nSPS) is 11.1. The van der Waals surface area contributed by atoms with E-state index in [-0.39, 0.29) is 0 Å². The lowest BCUT2D eigenvalue weighted by Crippen LogP contribution is -2.16. The maximum atomic E-state index is 10.8. The number of hydrogen-bond acceptors (Lipinski definition) is 5. The molecule has 0 unspecified atom stereocenters.